The molecular weight excluding hydrogens is 394 g/mol. The van der Waals surface area contributed by atoms with Gasteiger partial charge in [-0.1, -0.05) is 23.2 Å². The fourth-order valence-electron chi connectivity index (χ4n) is 3.02. The number of likely N-dealkylation sites (N-methyl/N-ethyl adjacent to an activating group) is 1. The Balaban J connectivity index is 1.76. The maximum Gasteiger partial charge on any atom is 0.249 e. The molecule has 2 unspecified atom stereocenters. The topological polar surface area (TPSA) is 49.9 Å². The number of ether oxygens (including phenoxy) is 1. The Labute approximate surface area is 159 Å². The Bertz CT molecular complexity index is 745. The van der Waals surface area contributed by atoms with Crippen molar-refractivity contribution in [2.75, 3.05) is 25.6 Å². The molecule has 2 atom stereocenters. The third kappa shape index (κ3) is 2.94. The van der Waals surface area contributed by atoms with Crippen LogP contribution < -0.4 is 9.64 Å². The SMILES string of the molecule is COc1ccc(N2CCC(N(C)C(=O)C3(Cl)CC3(Cl)Cl)C2=O)cc1F. The molecule has 0 bridgehead atoms. The molecule has 25 heavy (non-hydrogen) atoms. The fourth-order valence-corrected chi connectivity index (χ4v) is 4.05. The molecule has 0 radical (unpaired) electrons. The van der Waals surface area contributed by atoms with Crippen molar-refractivity contribution in [2.45, 2.75) is 28.1 Å². The van der Waals surface area contributed by atoms with Crippen LogP contribution in [0.4, 0.5) is 10.1 Å². The molecule has 1 aromatic carbocycles. The van der Waals surface area contributed by atoms with Crippen molar-refractivity contribution in [3.8, 4) is 5.75 Å². The van der Waals surface area contributed by atoms with Crippen LogP contribution >= 0.6 is 34.8 Å². The summed E-state index contributed by atoms with van der Waals surface area (Å²) in [5.41, 5.74) is 0.405. The van der Waals surface area contributed by atoms with E-state index in [0.29, 0.717) is 18.7 Å². The molecule has 3 rings (SSSR count). The van der Waals surface area contributed by atoms with E-state index in [1.807, 2.05) is 0 Å². The molecule has 0 N–H and O–H groups in total. The largest absolute Gasteiger partial charge is 0.494 e. The normalized spacial score (nSPS) is 27.4. The van der Waals surface area contributed by atoms with Gasteiger partial charge in [-0.3, -0.25) is 9.59 Å². The van der Waals surface area contributed by atoms with Gasteiger partial charge >= 0.3 is 0 Å². The van der Waals surface area contributed by atoms with E-state index in [9.17, 15) is 14.0 Å². The standard InChI is InChI=1S/C16H16Cl3FN2O3/c1-21(14(24)15(17)8-16(15,18)19)11-5-6-22(13(11)23)9-3-4-12(25-2)10(20)7-9/h3-4,7,11H,5-6,8H2,1-2H3. The van der Waals surface area contributed by atoms with Crippen LogP contribution in [-0.4, -0.2) is 52.7 Å². The maximum atomic E-state index is 13.9. The fraction of sp³-hybridized carbons (Fsp3) is 0.500. The van der Waals surface area contributed by atoms with Crippen molar-refractivity contribution in [1.29, 1.82) is 0 Å². The van der Waals surface area contributed by atoms with Crippen molar-refractivity contribution in [1.82, 2.24) is 4.90 Å². The lowest BCUT2D eigenvalue weighted by molar-refractivity contribution is -0.137. The average Bonchev–Trinajstić information content (AvgIpc) is 2.89. The molecule has 1 aromatic rings. The van der Waals surface area contributed by atoms with Gasteiger partial charge in [0.05, 0.1) is 7.11 Å². The van der Waals surface area contributed by atoms with Crippen LogP contribution in [0, 0.1) is 5.82 Å². The number of anilines is 1. The van der Waals surface area contributed by atoms with Crippen LogP contribution in [0.15, 0.2) is 18.2 Å². The summed E-state index contributed by atoms with van der Waals surface area (Å²) in [6.07, 6.45) is 0.529. The molecule has 1 saturated carbocycles. The first-order valence-corrected chi connectivity index (χ1v) is 8.74. The minimum Gasteiger partial charge on any atom is -0.494 e. The van der Waals surface area contributed by atoms with Crippen LogP contribution in [0.5, 0.6) is 5.75 Å². The average molecular weight is 410 g/mol. The van der Waals surface area contributed by atoms with Crippen molar-refractivity contribution in [2.24, 2.45) is 0 Å². The Morgan fingerprint density at radius 2 is 2.04 bits per heavy atom. The number of carbonyl (C=O) groups excluding carboxylic acids is 2. The van der Waals surface area contributed by atoms with Gasteiger partial charge in [0.1, 0.15) is 10.4 Å². The van der Waals surface area contributed by atoms with Crippen molar-refractivity contribution < 1.29 is 18.7 Å². The second-order valence-corrected chi connectivity index (χ2v) is 8.34. The zero-order valence-electron chi connectivity index (χ0n) is 13.6. The molecule has 2 fully saturated rings. The first kappa shape index (κ1) is 18.5. The Hall–Kier alpha value is -1.24. The van der Waals surface area contributed by atoms with E-state index < -0.39 is 27.0 Å². The summed E-state index contributed by atoms with van der Waals surface area (Å²) in [6.45, 7) is 0.356. The van der Waals surface area contributed by atoms with E-state index in [-0.39, 0.29) is 18.1 Å². The summed E-state index contributed by atoms with van der Waals surface area (Å²) >= 11 is 18.0. The number of hydrogen-bond acceptors (Lipinski definition) is 3. The molecule has 1 aliphatic carbocycles. The van der Waals surface area contributed by atoms with Gasteiger partial charge in [0.2, 0.25) is 11.8 Å². The van der Waals surface area contributed by atoms with E-state index in [1.54, 1.807) is 6.07 Å². The summed E-state index contributed by atoms with van der Waals surface area (Å²) in [4.78, 5) is 26.5. The summed E-state index contributed by atoms with van der Waals surface area (Å²) < 4.78 is 17.4. The molecule has 1 saturated heterocycles. The molecule has 1 aliphatic heterocycles. The van der Waals surface area contributed by atoms with Gasteiger partial charge in [-0.2, -0.15) is 0 Å². The number of hydrogen-bond donors (Lipinski definition) is 0. The van der Waals surface area contributed by atoms with E-state index in [4.69, 9.17) is 39.5 Å². The number of nitrogens with zero attached hydrogens (tertiary/aromatic N) is 2. The molecule has 136 valence electrons. The lowest BCUT2D eigenvalue weighted by Gasteiger charge is -2.26. The third-order valence-corrected chi connectivity index (χ3v) is 6.40. The van der Waals surface area contributed by atoms with Gasteiger partial charge in [-0.05, 0) is 18.6 Å². The van der Waals surface area contributed by atoms with E-state index in [2.05, 4.69) is 0 Å². The highest BCUT2D eigenvalue weighted by atomic mass is 35.5. The quantitative estimate of drug-likeness (QED) is 0.719. The number of alkyl halides is 3. The summed E-state index contributed by atoms with van der Waals surface area (Å²) in [6, 6.07) is 3.58. The second-order valence-electron chi connectivity index (χ2n) is 6.21. The van der Waals surface area contributed by atoms with Gasteiger partial charge in [-0.25, -0.2) is 4.39 Å². The highest BCUT2D eigenvalue weighted by molar-refractivity contribution is 6.62. The van der Waals surface area contributed by atoms with E-state index >= 15 is 0 Å². The molecule has 9 heteroatoms. The second kappa shape index (κ2) is 6.18. The zero-order chi connectivity index (χ0) is 18.6. The van der Waals surface area contributed by atoms with Crippen LogP contribution in [0.1, 0.15) is 12.8 Å². The predicted molar refractivity (Wildman–Crippen MR) is 94.1 cm³/mol. The number of halogens is 4. The third-order valence-electron chi connectivity index (χ3n) is 4.67. The van der Waals surface area contributed by atoms with Crippen LogP contribution in [0.25, 0.3) is 0 Å². The molecule has 5 nitrogen and oxygen atoms in total. The summed E-state index contributed by atoms with van der Waals surface area (Å²) in [7, 11) is 2.86. The molecular formula is C16H16Cl3FN2O3. The zero-order valence-corrected chi connectivity index (χ0v) is 15.8. The smallest absolute Gasteiger partial charge is 0.249 e. The number of methoxy groups -OCH3 is 1. The summed E-state index contributed by atoms with van der Waals surface area (Å²) in [5.74, 6) is -1.26. The Morgan fingerprint density at radius 3 is 2.56 bits per heavy atom. The minimum atomic E-state index is -1.40. The van der Waals surface area contributed by atoms with Gasteiger partial charge < -0.3 is 14.5 Å². The monoisotopic (exact) mass is 408 g/mol. The van der Waals surface area contributed by atoms with Gasteiger partial charge in [0, 0.05) is 31.8 Å². The molecule has 1 heterocycles. The highest BCUT2D eigenvalue weighted by Gasteiger charge is 2.72. The van der Waals surface area contributed by atoms with E-state index in [0.717, 1.165) is 0 Å². The molecule has 0 aromatic heterocycles. The number of rotatable bonds is 4. The number of benzene rings is 1. The molecule has 2 amide bonds. The Morgan fingerprint density at radius 1 is 1.40 bits per heavy atom. The van der Waals surface area contributed by atoms with Crippen LogP contribution in [0.2, 0.25) is 0 Å². The van der Waals surface area contributed by atoms with Crippen molar-refractivity contribution in [3.63, 3.8) is 0 Å². The van der Waals surface area contributed by atoms with Gasteiger partial charge in [0.25, 0.3) is 0 Å². The molecule has 2 aliphatic rings. The van der Waals surface area contributed by atoms with Crippen molar-refractivity contribution >= 4 is 52.3 Å². The van der Waals surface area contributed by atoms with Crippen LogP contribution in [0.3, 0.4) is 0 Å². The lowest BCUT2D eigenvalue weighted by atomic mass is 10.2. The first-order valence-electron chi connectivity index (χ1n) is 7.61. The Kier molecular flexibility index (Phi) is 4.58. The van der Waals surface area contributed by atoms with Crippen LogP contribution in [-0.2, 0) is 9.59 Å². The predicted octanol–water partition coefficient (Wildman–Crippen LogP) is 2.95. The number of carbonyl (C=O) groups is 2. The summed E-state index contributed by atoms with van der Waals surface area (Å²) in [5, 5.41) is 0. The van der Waals surface area contributed by atoms with Gasteiger partial charge in [0.15, 0.2) is 16.4 Å². The number of amides is 2. The van der Waals surface area contributed by atoms with E-state index in [1.165, 1.54) is 36.1 Å². The first-order chi connectivity index (χ1) is 11.6. The lowest BCUT2D eigenvalue weighted by Crippen LogP contribution is -2.47. The maximum absolute atomic E-state index is 13.9. The molecule has 0 spiro atoms. The highest BCUT2D eigenvalue weighted by Crippen LogP contribution is 2.62. The minimum absolute atomic E-state index is 0.0950. The van der Waals surface area contributed by atoms with Crippen molar-refractivity contribution in [3.05, 3.63) is 24.0 Å². The van der Waals surface area contributed by atoms with Gasteiger partial charge in [-0.15, -0.1) is 11.6 Å².